The third-order valence-corrected chi connectivity index (χ3v) is 4.37. The number of phenolic OH excluding ortho intramolecular Hbond substituents is 1. The number of benzene rings is 2. The van der Waals surface area contributed by atoms with Gasteiger partial charge in [0.2, 0.25) is 0 Å². The number of hydrogen-bond acceptors (Lipinski definition) is 4. The second-order valence-corrected chi connectivity index (χ2v) is 5.91. The Morgan fingerprint density at radius 2 is 1.87 bits per heavy atom. The fourth-order valence-corrected chi connectivity index (χ4v) is 2.98. The molecule has 4 nitrogen and oxygen atoms in total. The number of hydrogen-bond donors (Lipinski definition) is 1. The number of nitrogens with zero attached hydrogens (tertiary/aromatic N) is 1. The molecule has 1 aliphatic heterocycles. The summed E-state index contributed by atoms with van der Waals surface area (Å²) in [5, 5.41) is 10.7. The van der Waals surface area contributed by atoms with Crippen LogP contribution in [0.4, 0.5) is 0 Å². The first kappa shape index (κ1) is 14.0. The van der Waals surface area contributed by atoms with E-state index in [2.05, 4.69) is 4.90 Å². The van der Waals surface area contributed by atoms with Crippen LogP contribution in [0, 0.1) is 0 Å². The Labute approximate surface area is 133 Å². The highest BCUT2D eigenvalue weighted by molar-refractivity contribution is 5.84. The zero-order valence-corrected chi connectivity index (χ0v) is 12.7. The molecule has 0 atom stereocenters. The fourth-order valence-electron chi connectivity index (χ4n) is 2.98. The summed E-state index contributed by atoms with van der Waals surface area (Å²) in [7, 11) is 0. The Hall–Kier alpha value is -2.59. The minimum Gasteiger partial charge on any atom is -0.508 e. The normalized spacial score (nSPS) is 14.8. The first-order valence-electron chi connectivity index (χ1n) is 7.79. The van der Waals surface area contributed by atoms with Gasteiger partial charge < -0.3 is 9.52 Å². The van der Waals surface area contributed by atoms with Gasteiger partial charge in [0.1, 0.15) is 17.1 Å². The van der Waals surface area contributed by atoms with Gasteiger partial charge in [-0.3, -0.25) is 9.69 Å². The van der Waals surface area contributed by atoms with E-state index in [0.717, 1.165) is 25.1 Å². The summed E-state index contributed by atoms with van der Waals surface area (Å²) in [6.45, 7) is 2.59. The smallest absolute Gasteiger partial charge is 0.193 e. The minimum atomic E-state index is -0.114. The number of rotatable bonds is 3. The first-order chi connectivity index (χ1) is 11.2. The molecule has 0 spiro atoms. The molecule has 1 aromatic heterocycles. The average Bonchev–Trinajstić information content (AvgIpc) is 2.53. The zero-order chi connectivity index (χ0) is 15.8. The van der Waals surface area contributed by atoms with Crippen LogP contribution in [0.2, 0.25) is 0 Å². The van der Waals surface area contributed by atoms with E-state index in [1.54, 1.807) is 12.1 Å². The van der Waals surface area contributed by atoms with Crippen LogP contribution in [-0.2, 0) is 6.54 Å². The molecular weight excluding hydrogens is 290 g/mol. The van der Waals surface area contributed by atoms with Gasteiger partial charge in [-0.1, -0.05) is 30.3 Å². The van der Waals surface area contributed by atoms with Gasteiger partial charge in [-0.15, -0.1) is 0 Å². The lowest BCUT2D eigenvalue weighted by Gasteiger charge is -2.31. The summed E-state index contributed by atoms with van der Waals surface area (Å²) < 4.78 is 5.93. The van der Waals surface area contributed by atoms with Crippen molar-refractivity contribution < 1.29 is 9.52 Å². The molecule has 23 heavy (non-hydrogen) atoms. The lowest BCUT2D eigenvalue weighted by molar-refractivity contribution is 0.171. The maximum atomic E-state index is 12.6. The Balaban J connectivity index is 1.88. The van der Waals surface area contributed by atoms with Gasteiger partial charge in [-0.05, 0) is 31.6 Å². The summed E-state index contributed by atoms with van der Waals surface area (Å²) in [5.74, 6) is 0.702. The van der Waals surface area contributed by atoms with Crippen LogP contribution in [0.15, 0.2) is 57.7 Å². The van der Waals surface area contributed by atoms with Crippen molar-refractivity contribution in [1.82, 2.24) is 4.90 Å². The summed E-state index contributed by atoms with van der Waals surface area (Å²) in [5.41, 5.74) is 1.93. The van der Waals surface area contributed by atoms with Gasteiger partial charge in [-0.25, -0.2) is 0 Å². The van der Waals surface area contributed by atoms with E-state index >= 15 is 0 Å². The van der Waals surface area contributed by atoms with E-state index in [4.69, 9.17) is 4.42 Å². The molecule has 116 valence electrons. The van der Waals surface area contributed by atoms with Crippen LogP contribution in [0.25, 0.3) is 22.3 Å². The van der Waals surface area contributed by atoms with E-state index in [1.165, 1.54) is 6.07 Å². The maximum absolute atomic E-state index is 12.6. The highest BCUT2D eigenvalue weighted by Crippen LogP contribution is 2.30. The average molecular weight is 307 g/mol. The number of likely N-dealkylation sites (tertiary alicyclic amines) is 1. The Morgan fingerprint density at radius 1 is 1.09 bits per heavy atom. The molecule has 1 N–H and O–H groups in total. The van der Waals surface area contributed by atoms with Gasteiger partial charge in [-0.2, -0.15) is 0 Å². The molecule has 2 aromatic carbocycles. The predicted molar refractivity (Wildman–Crippen MR) is 89.5 cm³/mol. The van der Waals surface area contributed by atoms with Gasteiger partial charge in [0.25, 0.3) is 0 Å². The summed E-state index contributed by atoms with van der Waals surface area (Å²) in [4.78, 5) is 14.9. The monoisotopic (exact) mass is 307 g/mol. The first-order valence-corrected chi connectivity index (χ1v) is 7.79. The van der Waals surface area contributed by atoms with Crippen molar-refractivity contribution in [2.75, 3.05) is 13.1 Å². The second kappa shape index (κ2) is 5.56. The quantitative estimate of drug-likeness (QED) is 0.806. The molecule has 1 fully saturated rings. The molecule has 1 saturated heterocycles. The van der Waals surface area contributed by atoms with Crippen molar-refractivity contribution in [2.24, 2.45) is 0 Å². The molecule has 0 saturated carbocycles. The fraction of sp³-hybridized carbons (Fsp3) is 0.211. The van der Waals surface area contributed by atoms with Gasteiger partial charge in [0.15, 0.2) is 5.43 Å². The highest BCUT2D eigenvalue weighted by Gasteiger charge is 2.20. The third kappa shape index (κ3) is 2.51. The summed E-state index contributed by atoms with van der Waals surface area (Å²) in [6, 6.07) is 14.3. The second-order valence-electron chi connectivity index (χ2n) is 5.91. The standard InChI is InChI=1S/C19H17NO3/c21-15-7-8-17-19(14(15)12-20-9-4-10-20)16(22)11-18(23-17)13-5-2-1-3-6-13/h1-3,5-8,11,21H,4,9-10,12H2. The van der Waals surface area contributed by atoms with Crippen LogP contribution >= 0.6 is 0 Å². The number of aromatic hydroxyl groups is 1. The molecule has 0 amide bonds. The van der Waals surface area contributed by atoms with E-state index in [1.807, 2.05) is 30.3 Å². The molecule has 0 aliphatic carbocycles. The Morgan fingerprint density at radius 3 is 2.57 bits per heavy atom. The topological polar surface area (TPSA) is 53.7 Å². The molecule has 4 rings (SSSR count). The van der Waals surface area contributed by atoms with Gasteiger partial charge in [0.05, 0.1) is 5.39 Å². The van der Waals surface area contributed by atoms with E-state index < -0.39 is 0 Å². The lowest BCUT2D eigenvalue weighted by atomic mass is 10.0. The van der Waals surface area contributed by atoms with Crippen molar-refractivity contribution in [3.8, 4) is 17.1 Å². The van der Waals surface area contributed by atoms with Crippen molar-refractivity contribution in [3.63, 3.8) is 0 Å². The van der Waals surface area contributed by atoms with Crippen molar-refractivity contribution in [1.29, 1.82) is 0 Å². The van der Waals surface area contributed by atoms with E-state index in [-0.39, 0.29) is 11.2 Å². The lowest BCUT2D eigenvalue weighted by Crippen LogP contribution is -2.36. The molecule has 3 aromatic rings. The molecular formula is C19H17NO3. The molecule has 4 heteroatoms. The van der Waals surface area contributed by atoms with Crippen LogP contribution in [-0.4, -0.2) is 23.1 Å². The summed E-state index contributed by atoms with van der Waals surface area (Å²) >= 11 is 0. The van der Waals surface area contributed by atoms with E-state index in [9.17, 15) is 9.90 Å². The summed E-state index contributed by atoms with van der Waals surface area (Å²) in [6.07, 6.45) is 1.16. The molecule has 0 radical (unpaired) electrons. The Bertz CT molecular complexity index is 911. The van der Waals surface area contributed by atoms with E-state index in [0.29, 0.717) is 28.8 Å². The van der Waals surface area contributed by atoms with Gasteiger partial charge in [0, 0.05) is 23.7 Å². The van der Waals surface area contributed by atoms with Crippen molar-refractivity contribution >= 4 is 11.0 Å². The van der Waals surface area contributed by atoms with Crippen LogP contribution in [0.1, 0.15) is 12.0 Å². The van der Waals surface area contributed by atoms with Crippen molar-refractivity contribution in [2.45, 2.75) is 13.0 Å². The predicted octanol–water partition coefficient (Wildman–Crippen LogP) is 3.37. The van der Waals surface area contributed by atoms with Crippen LogP contribution in [0.5, 0.6) is 5.75 Å². The molecule has 0 bridgehead atoms. The number of phenols is 1. The molecule has 1 aliphatic rings. The maximum Gasteiger partial charge on any atom is 0.193 e. The van der Waals surface area contributed by atoms with Gasteiger partial charge >= 0.3 is 0 Å². The SMILES string of the molecule is O=c1cc(-c2ccccc2)oc2ccc(O)c(CN3CCC3)c12. The zero-order valence-electron chi connectivity index (χ0n) is 12.7. The minimum absolute atomic E-state index is 0.114. The molecule has 0 unspecified atom stereocenters. The third-order valence-electron chi connectivity index (χ3n) is 4.37. The largest absolute Gasteiger partial charge is 0.508 e. The highest BCUT2D eigenvalue weighted by atomic mass is 16.3. The van der Waals surface area contributed by atoms with Crippen molar-refractivity contribution in [3.05, 3.63) is 64.3 Å². The molecule has 2 heterocycles. The number of fused-ring (bicyclic) bond motifs is 1. The Kier molecular flexibility index (Phi) is 3.39. The van der Waals surface area contributed by atoms with Crippen LogP contribution < -0.4 is 5.43 Å². The van der Waals surface area contributed by atoms with Crippen LogP contribution in [0.3, 0.4) is 0 Å².